The summed E-state index contributed by atoms with van der Waals surface area (Å²) in [6.45, 7) is 33.2. The third kappa shape index (κ3) is 16.2. The highest BCUT2D eigenvalue weighted by Gasteiger charge is 2.44. The first-order valence-electron chi connectivity index (χ1n) is 11.8. The van der Waals surface area contributed by atoms with Crippen LogP contribution in [0.25, 0.3) is 0 Å². The van der Waals surface area contributed by atoms with Gasteiger partial charge in [-0.05, 0) is 78.6 Å². The molecule has 0 aliphatic heterocycles. The minimum absolute atomic E-state index is 0.285. The average molecular weight is 540 g/mol. The largest absolute Gasteiger partial charge is 0.415 e. The summed E-state index contributed by atoms with van der Waals surface area (Å²) in [7, 11) is -9.46. The van der Waals surface area contributed by atoms with E-state index in [4.69, 9.17) is 17.7 Å². The van der Waals surface area contributed by atoms with Gasteiger partial charge in [-0.3, -0.25) is 0 Å². The molecule has 4 unspecified atom stereocenters. The fraction of sp³-hybridized carbons (Fsp3) is 0.952. The fourth-order valence-electron chi connectivity index (χ4n) is 3.19. The van der Waals surface area contributed by atoms with Crippen molar-refractivity contribution in [2.75, 3.05) is 6.61 Å². The molecule has 0 aromatic heterocycles. The van der Waals surface area contributed by atoms with Crippen LogP contribution in [0.5, 0.6) is 0 Å². The van der Waals surface area contributed by atoms with Crippen LogP contribution in [0.4, 0.5) is 0 Å². The van der Waals surface area contributed by atoms with Crippen LogP contribution in [-0.2, 0) is 22.5 Å². The molecule has 0 radical (unpaired) electrons. The van der Waals surface area contributed by atoms with E-state index in [9.17, 15) is 4.79 Å². The Morgan fingerprint density at radius 3 is 1.34 bits per heavy atom. The van der Waals surface area contributed by atoms with Gasteiger partial charge in [0.05, 0.1) is 31.0 Å². The van der Waals surface area contributed by atoms with Gasteiger partial charge in [0, 0.05) is 0 Å². The highest BCUT2D eigenvalue weighted by atomic mass is 28.4. The maximum absolute atomic E-state index is 12.4. The Labute approximate surface area is 204 Å². The molecule has 0 aliphatic carbocycles. The zero-order valence-electron chi connectivity index (χ0n) is 23.6. The van der Waals surface area contributed by atoms with Crippen LogP contribution in [0.2, 0.25) is 98.2 Å². The Balaban J connectivity index is 6.51. The number of nitrogens with one attached hydrogen (secondary N) is 1. The van der Waals surface area contributed by atoms with Gasteiger partial charge >= 0.3 is 0 Å². The van der Waals surface area contributed by atoms with Crippen molar-refractivity contribution < 1.29 is 22.5 Å². The Hall–Kier alpha value is 0.554. The maximum Gasteiger partial charge on any atom is 0.184 e. The van der Waals surface area contributed by atoms with Gasteiger partial charge in [0.1, 0.15) is 14.5 Å². The third-order valence-corrected chi connectivity index (χ3v) is 9.16. The molecule has 1 N–H and O–H groups in total. The summed E-state index contributed by atoms with van der Waals surface area (Å²) < 4.78 is 26.6. The van der Waals surface area contributed by atoms with Gasteiger partial charge in [-0.2, -0.15) is 0 Å². The Morgan fingerprint density at radius 2 is 1.03 bits per heavy atom. The van der Waals surface area contributed by atoms with E-state index in [0.717, 1.165) is 6.29 Å². The van der Waals surface area contributed by atoms with Crippen molar-refractivity contribution in [1.29, 1.82) is 0 Å². The van der Waals surface area contributed by atoms with Gasteiger partial charge < -0.3 is 27.5 Å². The van der Waals surface area contributed by atoms with Crippen LogP contribution in [0, 0.1) is 0 Å². The van der Waals surface area contributed by atoms with Crippen LogP contribution in [-0.4, -0.2) is 78.8 Å². The highest BCUT2D eigenvalue weighted by Crippen LogP contribution is 2.26. The smallest absolute Gasteiger partial charge is 0.184 e. The second-order valence-electron chi connectivity index (χ2n) is 13.6. The van der Waals surface area contributed by atoms with Gasteiger partial charge in [0.25, 0.3) is 0 Å². The van der Waals surface area contributed by atoms with Crippen molar-refractivity contribution in [3.05, 3.63) is 0 Å². The van der Waals surface area contributed by atoms with Crippen molar-refractivity contribution in [2.45, 2.75) is 123 Å². The molecule has 6 nitrogen and oxygen atoms in total. The first-order valence-corrected chi connectivity index (χ1v) is 29.0. The van der Waals surface area contributed by atoms with Crippen LogP contribution in [0.3, 0.4) is 0 Å². The molecule has 0 bridgehead atoms. The molecular weight excluding hydrogens is 487 g/mol. The summed E-state index contributed by atoms with van der Waals surface area (Å²) in [4.78, 5) is 16.0. The monoisotopic (exact) mass is 539 g/mol. The Bertz CT molecular complexity index is 574. The highest BCUT2D eigenvalue weighted by molar-refractivity contribution is 6.74. The summed E-state index contributed by atoms with van der Waals surface area (Å²) in [5.41, 5.74) is 0. The van der Waals surface area contributed by atoms with Crippen LogP contribution >= 0.6 is 0 Å². The van der Waals surface area contributed by atoms with Gasteiger partial charge in [-0.1, -0.05) is 19.6 Å². The summed E-state index contributed by atoms with van der Waals surface area (Å²) in [5.74, 6) is 0. The third-order valence-electron chi connectivity index (χ3n) is 3.96. The van der Waals surface area contributed by atoms with Crippen molar-refractivity contribution in [1.82, 2.24) is 4.98 Å². The minimum atomic E-state index is -2.00. The molecule has 32 heavy (non-hydrogen) atoms. The lowest BCUT2D eigenvalue weighted by atomic mass is 10.0. The normalized spacial score (nSPS) is 18.2. The Morgan fingerprint density at radius 1 is 0.625 bits per heavy atom. The average Bonchev–Trinajstić information content (AvgIpc) is 2.48. The molecule has 0 heterocycles. The molecule has 0 spiro atoms. The topological polar surface area (TPSA) is 66.0 Å². The fourth-order valence-corrected chi connectivity index (χ4v) is 8.40. The Kier molecular flexibility index (Phi) is 12.2. The molecule has 0 saturated carbocycles. The molecule has 0 rings (SSSR count). The zero-order valence-corrected chi connectivity index (χ0v) is 28.6. The maximum atomic E-state index is 12.4. The molecule has 0 fully saturated rings. The standard InChI is InChI=1S/C21H53NO5Si5/c1-28(2,3)22-18(16-23)20(26-31(10,11)12)21(27-32(13,14)15)19(25-30(7,8)9)17-24-29(4,5)6/h16,18-22H,17H2,1-15H3. The van der Waals surface area contributed by atoms with Crippen LogP contribution in [0.1, 0.15) is 0 Å². The van der Waals surface area contributed by atoms with Gasteiger partial charge in [0.15, 0.2) is 33.3 Å². The number of rotatable bonds is 15. The van der Waals surface area contributed by atoms with Crippen molar-refractivity contribution >= 4 is 47.8 Å². The molecule has 0 aromatic carbocycles. The second kappa shape index (κ2) is 12.0. The van der Waals surface area contributed by atoms with E-state index in [2.05, 4.69) is 103 Å². The second-order valence-corrected chi connectivity index (χ2v) is 36.3. The molecule has 0 aliphatic rings. The molecule has 4 atom stereocenters. The molecule has 192 valence electrons. The quantitative estimate of drug-likeness (QED) is 0.219. The van der Waals surface area contributed by atoms with E-state index in [-0.39, 0.29) is 12.2 Å². The van der Waals surface area contributed by atoms with E-state index in [1.165, 1.54) is 0 Å². The molecule has 0 aromatic rings. The molecule has 0 saturated heterocycles. The van der Waals surface area contributed by atoms with Gasteiger partial charge in [-0.25, -0.2) is 0 Å². The van der Waals surface area contributed by atoms with Gasteiger partial charge in [0.2, 0.25) is 0 Å². The SMILES string of the molecule is C[Si](C)(C)NC(C=O)C(O[Si](C)(C)C)C(O[Si](C)(C)C)C(CO[Si](C)(C)C)O[Si](C)(C)C. The molecular formula is C21H53NO5Si5. The van der Waals surface area contributed by atoms with E-state index in [1.54, 1.807) is 0 Å². The molecule has 0 amide bonds. The van der Waals surface area contributed by atoms with Crippen LogP contribution in [0.15, 0.2) is 0 Å². The van der Waals surface area contributed by atoms with Crippen molar-refractivity contribution in [3.8, 4) is 0 Å². The van der Waals surface area contributed by atoms with Crippen LogP contribution < -0.4 is 4.98 Å². The number of hydrogen-bond donors (Lipinski definition) is 1. The van der Waals surface area contributed by atoms with Crippen molar-refractivity contribution in [2.24, 2.45) is 0 Å². The van der Waals surface area contributed by atoms with E-state index < -0.39 is 53.7 Å². The predicted octanol–water partition coefficient (Wildman–Crippen LogP) is 5.49. The van der Waals surface area contributed by atoms with E-state index >= 15 is 0 Å². The van der Waals surface area contributed by atoms with E-state index in [0.29, 0.717) is 6.61 Å². The number of carbonyl (C=O) groups is 1. The number of hydrogen-bond acceptors (Lipinski definition) is 6. The lowest BCUT2D eigenvalue weighted by Gasteiger charge is -2.45. The lowest BCUT2D eigenvalue weighted by Crippen LogP contribution is -2.64. The van der Waals surface area contributed by atoms with Crippen molar-refractivity contribution in [3.63, 3.8) is 0 Å². The van der Waals surface area contributed by atoms with Gasteiger partial charge in [-0.15, -0.1) is 0 Å². The summed E-state index contributed by atoms with van der Waals surface area (Å²) in [6.07, 6.45) is -0.0822. The summed E-state index contributed by atoms with van der Waals surface area (Å²) >= 11 is 0. The number of aldehydes is 1. The summed E-state index contributed by atoms with van der Waals surface area (Å²) in [5, 5.41) is 0. The minimum Gasteiger partial charge on any atom is -0.415 e. The molecule has 11 heteroatoms. The first kappa shape index (κ1) is 32.6. The van der Waals surface area contributed by atoms with E-state index in [1.807, 2.05) is 0 Å². The summed E-state index contributed by atoms with van der Waals surface area (Å²) in [6, 6.07) is -0.450. The predicted molar refractivity (Wildman–Crippen MR) is 150 cm³/mol. The lowest BCUT2D eigenvalue weighted by molar-refractivity contribution is -0.115. The number of carbonyl (C=O) groups excluding carboxylic acids is 1. The zero-order chi connectivity index (χ0) is 25.8. The first-order chi connectivity index (χ1) is 13.9.